The maximum atomic E-state index is 11.5. The van der Waals surface area contributed by atoms with Crippen LogP contribution < -0.4 is 0 Å². The van der Waals surface area contributed by atoms with Crippen LogP contribution >= 0.6 is 0 Å². The Morgan fingerprint density at radius 2 is 1.06 bits per heavy atom. The summed E-state index contributed by atoms with van der Waals surface area (Å²) in [5.41, 5.74) is 0. The normalized spacial score (nSPS) is 17.3. The zero-order valence-corrected chi connectivity index (χ0v) is 13.0. The molecule has 7 heteroatoms. The minimum Gasteiger partial charge on any atom is -0.537 e. The van der Waals surface area contributed by atoms with E-state index < -0.39 is 28.6 Å². The van der Waals surface area contributed by atoms with Gasteiger partial charge in [0.25, 0.3) is 0 Å². The minimum atomic E-state index is -1.99. The second-order valence-electron chi connectivity index (χ2n) is 5.76. The van der Waals surface area contributed by atoms with Crippen molar-refractivity contribution in [3.8, 4) is 0 Å². The van der Waals surface area contributed by atoms with Crippen LogP contribution in [0.15, 0.2) is 11.5 Å². The fourth-order valence-electron chi connectivity index (χ4n) is 1.15. The molecule has 0 radical (unpaired) electrons. The summed E-state index contributed by atoms with van der Waals surface area (Å²) in [6, 6.07) is 0. The largest absolute Gasteiger partial charge is 0.537 e. The molecule has 0 spiro atoms. The van der Waals surface area contributed by atoms with Gasteiger partial charge in [-0.1, -0.05) is 0 Å². The Hall–Kier alpha value is -1.09. The van der Waals surface area contributed by atoms with E-state index in [-0.39, 0.29) is 11.5 Å². The fourth-order valence-corrected chi connectivity index (χ4v) is 2.73. The average Bonchev–Trinajstić information content (AvgIpc) is 2.27. The molecule has 0 amide bonds. The Labute approximate surface area is 103 Å². The summed E-state index contributed by atoms with van der Waals surface area (Å²) in [5.74, 6) is -1.61. The van der Waals surface area contributed by atoms with Crippen LogP contribution in [0.2, 0.25) is 39.3 Å². The highest BCUT2D eigenvalue weighted by Gasteiger charge is 2.41. The van der Waals surface area contributed by atoms with Crippen LogP contribution in [0, 0.1) is 0 Å². The van der Waals surface area contributed by atoms with Gasteiger partial charge in [0.1, 0.15) is 0 Å². The van der Waals surface area contributed by atoms with Crippen LogP contribution in [0.25, 0.3) is 0 Å². The lowest BCUT2D eigenvalue weighted by molar-refractivity contribution is -0.153. The van der Waals surface area contributed by atoms with Gasteiger partial charge in [-0.15, -0.1) is 0 Å². The van der Waals surface area contributed by atoms with Crippen molar-refractivity contribution in [2.45, 2.75) is 39.3 Å². The number of rotatable bonds is 4. The van der Waals surface area contributed by atoms with Crippen LogP contribution in [0.3, 0.4) is 0 Å². The molecule has 0 aromatic rings. The molecule has 0 N–H and O–H groups in total. The van der Waals surface area contributed by atoms with E-state index >= 15 is 0 Å². The highest BCUT2D eigenvalue weighted by molar-refractivity contribution is 6.71. The molecule has 1 heterocycles. The molecule has 0 bridgehead atoms. The first-order valence-electron chi connectivity index (χ1n) is 5.38. The van der Waals surface area contributed by atoms with E-state index in [0.29, 0.717) is 0 Å². The topological polar surface area (TPSA) is 61.8 Å². The van der Waals surface area contributed by atoms with E-state index in [0.717, 1.165) is 0 Å². The highest BCUT2D eigenvalue weighted by atomic mass is 28.4. The molecule has 0 saturated heterocycles. The molecule has 0 unspecified atom stereocenters. The first kappa shape index (κ1) is 14.0. The van der Waals surface area contributed by atoms with Gasteiger partial charge in [-0.25, -0.2) is 9.59 Å². The molecule has 1 rings (SSSR count). The van der Waals surface area contributed by atoms with E-state index in [4.69, 9.17) is 8.85 Å². The van der Waals surface area contributed by atoms with Crippen LogP contribution in [0.1, 0.15) is 0 Å². The summed E-state index contributed by atoms with van der Waals surface area (Å²) in [6.45, 7) is 11.5. The second kappa shape index (κ2) is 4.30. The molecule has 0 atom stereocenters. The van der Waals surface area contributed by atoms with E-state index in [1.54, 1.807) is 0 Å². The monoisotopic (exact) mass is 274 g/mol. The summed E-state index contributed by atoms with van der Waals surface area (Å²) in [4.78, 5) is 23.0. The third kappa shape index (κ3) is 4.01. The number of carbonyl (C=O) groups excluding carboxylic acids is 2. The van der Waals surface area contributed by atoms with Crippen molar-refractivity contribution >= 4 is 28.6 Å². The summed E-state index contributed by atoms with van der Waals surface area (Å²) in [7, 11) is -3.97. The summed E-state index contributed by atoms with van der Waals surface area (Å²) < 4.78 is 15.6. The van der Waals surface area contributed by atoms with Crippen molar-refractivity contribution < 1.29 is 23.2 Å². The average molecular weight is 274 g/mol. The lowest BCUT2D eigenvalue weighted by atomic mass is 10.4. The van der Waals surface area contributed by atoms with Gasteiger partial charge in [-0.3, -0.25) is 0 Å². The maximum Gasteiger partial charge on any atom is 0.384 e. The number of hydrogen-bond donors (Lipinski definition) is 0. The van der Waals surface area contributed by atoms with Crippen LogP contribution in [0.4, 0.5) is 0 Å². The summed E-state index contributed by atoms with van der Waals surface area (Å²) >= 11 is 0. The van der Waals surface area contributed by atoms with E-state index in [1.165, 1.54) is 0 Å². The first-order chi connectivity index (χ1) is 7.49. The molecule has 17 heavy (non-hydrogen) atoms. The van der Waals surface area contributed by atoms with Gasteiger partial charge in [0, 0.05) is 0 Å². The number of esters is 2. The van der Waals surface area contributed by atoms with Gasteiger partial charge in [0.2, 0.25) is 28.2 Å². The molecule has 0 aromatic carbocycles. The standard InChI is InChI=1S/C10H18O5Si2/c1-16(2,3)14-7-8(15-17(4,5)6)10(12)13-9(7)11/h1-6H3. The van der Waals surface area contributed by atoms with Crippen molar-refractivity contribution in [1.29, 1.82) is 0 Å². The molecule has 0 aromatic heterocycles. The van der Waals surface area contributed by atoms with E-state index in [9.17, 15) is 9.59 Å². The molecule has 1 aliphatic rings. The molecule has 0 fully saturated rings. The zero-order valence-electron chi connectivity index (χ0n) is 11.0. The minimum absolute atomic E-state index is 0.0587. The van der Waals surface area contributed by atoms with Gasteiger partial charge in [0.15, 0.2) is 0 Å². The smallest absolute Gasteiger partial charge is 0.384 e. The van der Waals surface area contributed by atoms with Crippen molar-refractivity contribution in [2.75, 3.05) is 0 Å². The van der Waals surface area contributed by atoms with Gasteiger partial charge >= 0.3 is 11.9 Å². The third-order valence-corrected chi connectivity index (χ3v) is 3.21. The first-order valence-corrected chi connectivity index (χ1v) is 12.2. The van der Waals surface area contributed by atoms with Crippen molar-refractivity contribution in [2.24, 2.45) is 0 Å². The summed E-state index contributed by atoms with van der Waals surface area (Å²) in [5, 5.41) is 0. The Balaban J connectivity index is 3.06. The Kier molecular flexibility index (Phi) is 3.53. The van der Waals surface area contributed by atoms with Crippen LogP contribution in [0.5, 0.6) is 0 Å². The molecular weight excluding hydrogens is 256 g/mol. The fraction of sp³-hybridized carbons (Fsp3) is 0.600. The molecule has 0 aliphatic carbocycles. The molecule has 1 aliphatic heterocycles. The van der Waals surface area contributed by atoms with E-state index in [1.807, 2.05) is 39.3 Å². The number of ether oxygens (including phenoxy) is 1. The molecule has 0 saturated carbocycles. The Bertz CT molecular complexity index is 350. The van der Waals surface area contributed by atoms with Gasteiger partial charge in [-0.2, -0.15) is 0 Å². The molecule has 96 valence electrons. The van der Waals surface area contributed by atoms with Crippen molar-refractivity contribution in [3.05, 3.63) is 11.5 Å². The van der Waals surface area contributed by atoms with Crippen molar-refractivity contribution in [1.82, 2.24) is 0 Å². The quantitative estimate of drug-likeness (QED) is 0.446. The van der Waals surface area contributed by atoms with E-state index in [2.05, 4.69) is 4.74 Å². The van der Waals surface area contributed by atoms with Gasteiger partial charge in [-0.05, 0) is 39.3 Å². The summed E-state index contributed by atoms with van der Waals surface area (Å²) in [6.07, 6.45) is 0. The lowest BCUT2D eigenvalue weighted by Gasteiger charge is -2.21. The Morgan fingerprint density at radius 3 is 1.29 bits per heavy atom. The predicted molar refractivity (Wildman–Crippen MR) is 67.0 cm³/mol. The second-order valence-corrected chi connectivity index (χ2v) is 14.6. The number of hydrogen-bond acceptors (Lipinski definition) is 5. The van der Waals surface area contributed by atoms with Gasteiger partial charge in [0.05, 0.1) is 0 Å². The SMILES string of the molecule is C[Si](C)(C)OC1=C(O[Si](C)(C)C)C(=O)OC1=O. The highest BCUT2D eigenvalue weighted by Crippen LogP contribution is 2.26. The Morgan fingerprint density at radius 1 is 0.765 bits per heavy atom. The molecular formula is C10H18O5Si2. The van der Waals surface area contributed by atoms with Crippen LogP contribution in [-0.2, 0) is 23.2 Å². The zero-order chi connectivity index (χ0) is 13.4. The van der Waals surface area contributed by atoms with Gasteiger partial charge < -0.3 is 13.6 Å². The van der Waals surface area contributed by atoms with Crippen LogP contribution in [-0.4, -0.2) is 28.6 Å². The number of carbonyl (C=O) groups is 2. The van der Waals surface area contributed by atoms with Crippen molar-refractivity contribution in [3.63, 3.8) is 0 Å². The molecule has 5 nitrogen and oxygen atoms in total. The predicted octanol–water partition coefficient (Wildman–Crippen LogP) is 1.98. The third-order valence-electron chi connectivity index (χ3n) is 1.58. The maximum absolute atomic E-state index is 11.5. The lowest BCUT2D eigenvalue weighted by Crippen LogP contribution is -2.30. The number of cyclic esters (lactones) is 2.